The molecule has 162 valence electrons. The molecule has 0 aromatic heterocycles. The van der Waals surface area contributed by atoms with Crippen LogP contribution in [0.4, 0.5) is 0 Å². The van der Waals surface area contributed by atoms with E-state index in [1.165, 1.54) is 40.7 Å². The van der Waals surface area contributed by atoms with Crippen molar-refractivity contribution in [2.24, 2.45) is 0 Å². The molecule has 30 heavy (non-hydrogen) atoms. The van der Waals surface area contributed by atoms with Gasteiger partial charge in [0.05, 0.1) is 16.1 Å². The number of rotatable bonds is 5. The molecular weight excluding hydrogens is 392 g/mol. The summed E-state index contributed by atoms with van der Waals surface area (Å²) in [5.74, 6) is 0. The van der Waals surface area contributed by atoms with Crippen molar-refractivity contribution in [3.63, 3.8) is 0 Å². The summed E-state index contributed by atoms with van der Waals surface area (Å²) in [4.78, 5) is 0. The minimum atomic E-state index is -1.42. The molecule has 1 aliphatic carbocycles. The summed E-state index contributed by atoms with van der Waals surface area (Å²) in [6.07, 6.45) is 6.11. The number of benzene rings is 2. The Kier molecular flexibility index (Phi) is 6.17. The molecule has 0 unspecified atom stereocenters. The summed E-state index contributed by atoms with van der Waals surface area (Å²) >= 11 is 0. The zero-order chi connectivity index (χ0) is 22.5. The topological polar surface area (TPSA) is 0 Å². The van der Waals surface area contributed by atoms with Crippen LogP contribution in [0.1, 0.15) is 57.2 Å². The first-order chi connectivity index (χ1) is 13.7. The van der Waals surface area contributed by atoms with Crippen molar-refractivity contribution >= 4 is 32.6 Å². The Morgan fingerprint density at radius 3 is 1.87 bits per heavy atom. The fourth-order valence-electron chi connectivity index (χ4n) is 4.54. The largest absolute Gasteiger partial charge is 0.0776 e. The summed E-state index contributed by atoms with van der Waals surface area (Å²) in [5.41, 5.74) is 9.21. The zero-order valence-corrected chi connectivity index (χ0v) is 23.1. The van der Waals surface area contributed by atoms with Crippen LogP contribution in [0, 0.1) is 0 Å². The van der Waals surface area contributed by atoms with Crippen molar-refractivity contribution in [1.29, 1.82) is 0 Å². The van der Waals surface area contributed by atoms with Gasteiger partial charge in [-0.3, -0.25) is 0 Å². The minimum absolute atomic E-state index is 0.125. The van der Waals surface area contributed by atoms with Crippen molar-refractivity contribution in [3.8, 4) is 11.1 Å². The van der Waals surface area contributed by atoms with Crippen LogP contribution in [0.2, 0.25) is 39.3 Å². The highest BCUT2D eigenvalue weighted by molar-refractivity contribution is 6.91. The van der Waals surface area contributed by atoms with Gasteiger partial charge < -0.3 is 0 Å². The first kappa shape index (κ1) is 23.3. The molecule has 0 fully saturated rings. The van der Waals surface area contributed by atoms with Gasteiger partial charge in [0.2, 0.25) is 0 Å². The fourth-order valence-corrected chi connectivity index (χ4v) is 7.04. The van der Waals surface area contributed by atoms with Crippen LogP contribution in [0.5, 0.6) is 0 Å². The smallest absolute Gasteiger partial charge is 0.0656 e. The van der Waals surface area contributed by atoms with Gasteiger partial charge in [0.15, 0.2) is 0 Å². The SMILES string of the molecule is CCCC1=Cc2c(ccc(C(C)(C)C)c2-c2cc([Si](C)(C)C)cc([Si](C)(C)C)c2)C1. The Balaban J connectivity index is 2.36. The minimum Gasteiger partial charge on any atom is -0.0656 e. The lowest BCUT2D eigenvalue weighted by atomic mass is 9.79. The maximum atomic E-state index is 2.56. The second-order valence-corrected chi connectivity index (χ2v) is 22.5. The molecule has 1 aliphatic rings. The maximum absolute atomic E-state index is 2.56. The molecule has 0 N–H and O–H groups in total. The molecule has 0 radical (unpaired) electrons. The monoisotopic (exact) mass is 434 g/mol. The fraction of sp³-hybridized carbons (Fsp3) is 0.500. The lowest BCUT2D eigenvalue weighted by Gasteiger charge is -2.28. The Morgan fingerprint density at radius 1 is 0.833 bits per heavy atom. The van der Waals surface area contributed by atoms with Crippen molar-refractivity contribution in [2.75, 3.05) is 0 Å². The number of hydrogen-bond acceptors (Lipinski definition) is 0. The summed E-state index contributed by atoms with van der Waals surface area (Å²) in [6.45, 7) is 24.3. The molecule has 0 nitrogen and oxygen atoms in total. The molecule has 0 aliphatic heterocycles. The predicted molar refractivity (Wildman–Crippen MR) is 143 cm³/mol. The third kappa shape index (κ3) is 4.75. The van der Waals surface area contributed by atoms with Crippen LogP contribution < -0.4 is 10.4 Å². The van der Waals surface area contributed by atoms with E-state index >= 15 is 0 Å². The molecular formula is C28H42Si2. The Morgan fingerprint density at radius 2 is 1.40 bits per heavy atom. The first-order valence-electron chi connectivity index (χ1n) is 11.7. The van der Waals surface area contributed by atoms with E-state index in [4.69, 9.17) is 0 Å². The van der Waals surface area contributed by atoms with E-state index in [2.05, 4.69) is 103 Å². The highest BCUT2D eigenvalue weighted by Crippen LogP contribution is 2.41. The third-order valence-electron chi connectivity index (χ3n) is 6.43. The number of hydrogen-bond donors (Lipinski definition) is 0. The molecule has 0 heterocycles. The average molecular weight is 435 g/mol. The van der Waals surface area contributed by atoms with E-state index < -0.39 is 16.1 Å². The normalized spacial score (nSPS) is 14.7. The number of allylic oxidation sites excluding steroid dienone is 1. The van der Waals surface area contributed by atoms with Crippen LogP contribution in [-0.4, -0.2) is 16.1 Å². The highest BCUT2D eigenvalue weighted by atomic mass is 28.3. The van der Waals surface area contributed by atoms with Gasteiger partial charge in [-0.1, -0.05) is 126 Å². The number of fused-ring (bicyclic) bond motifs is 1. The Labute approximate surface area is 187 Å². The van der Waals surface area contributed by atoms with Crippen LogP contribution in [0.15, 0.2) is 35.9 Å². The zero-order valence-electron chi connectivity index (χ0n) is 21.1. The Hall–Kier alpha value is -1.39. The van der Waals surface area contributed by atoms with E-state index in [0.717, 1.165) is 6.42 Å². The van der Waals surface area contributed by atoms with Gasteiger partial charge in [-0.25, -0.2) is 0 Å². The quantitative estimate of drug-likeness (QED) is 0.428. The summed E-state index contributed by atoms with van der Waals surface area (Å²) in [7, 11) is -2.83. The molecule has 0 bridgehead atoms. The van der Waals surface area contributed by atoms with Crippen molar-refractivity contribution in [1.82, 2.24) is 0 Å². The van der Waals surface area contributed by atoms with E-state index in [1.807, 2.05) is 0 Å². The average Bonchev–Trinajstić information content (AvgIpc) is 3.01. The van der Waals surface area contributed by atoms with Crippen LogP contribution >= 0.6 is 0 Å². The van der Waals surface area contributed by atoms with Gasteiger partial charge in [-0.05, 0) is 46.1 Å². The summed E-state index contributed by atoms with van der Waals surface area (Å²) in [5, 5.41) is 3.20. The second kappa shape index (κ2) is 7.95. The Bertz CT molecular complexity index is 941. The van der Waals surface area contributed by atoms with E-state index in [9.17, 15) is 0 Å². The van der Waals surface area contributed by atoms with Gasteiger partial charge in [0.1, 0.15) is 0 Å². The van der Waals surface area contributed by atoms with Crippen molar-refractivity contribution in [3.05, 3.63) is 52.6 Å². The van der Waals surface area contributed by atoms with E-state index in [1.54, 1.807) is 15.9 Å². The van der Waals surface area contributed by atoms with Gasteiger partial charge >= 0.3 is 0 Å². The molecule has 0 spiro atoms. The molecule has 2 aromatic carbocycles. The molecule has 2 heteroatoms. The second-order valence-electron chi connectivity index (χ2n) is 12.3. The van der Waals surface area contributed by atoms with E-state index in [0.29, 0.717) is 0 Å². The van der Waals surface area contributed by atoms with Crippen LogP contribution in [0.3, 0.4) is 0 Å². The van der Waals surface area contributed by atoms with Crippen molar-refractivity contribution < 1.29 is 0 Å². The van der Waals surface area contributed by atoms with Gasteiger partial charge in [-0.2, -0.15) is 0 Å². The predicted octanol–water partition coefficient (Wildman–Crippen LogP) is 7.48. The van der Waals surface area contributed by atoms with Crippen molar-refractivity contribution in [2.45, 2.75) is 91.7 Å². The molecule has 2 aromatic rings. The third-order valence-corrected chi connectivity index (χ3v) is 10.5. The molecule has 0 saturated heterocycles. The van der Waals surface area contributed by atoms with Crippen LogP contribution in [0.25, 0.3) is 17.2 Å². The lowest BCUT2D eigenvalue weighted by molar-refractivity contribution is 0.591. The van der Waals surface area contributed by atoms with Gasteiger partial charge in [0.25, 0.3) is 0 Å². The van der Waals surface area contributed by atoms with Gasteiger partial charge in [-0.15, -0.1) is 0 Å². The van der Waals surface area contributed by atoms with E-state index in [-0.39, 0.29) is 5.41 Å². The summed E-state index contributed by atoms with van der Waals surface area (Å²) in [6, 6.07) is 12.5. The molecule has 0 saturated carbocycles. The standard InChI is InChI=1S/C28H42Si2/c1-11-12-20-15-21-13-14-26(28(2,3)4)27(25(21)16-20)22-17-23(29(5,6)7)19-24(18-22)30(8,9)10/h13-14,16-19H,11-12,15H2,1-10H3. The van der Waals surface area contributed by atoms with Crippen LogP contribution in [-0.2, 0) is 11.8 Å². The lowest BCUT2D eigenvalue weighted by Crippen LogP contribution is -2.45. The first-order valence-corrected chi connectivity index (χ1v) is 18.7. The summed E-state index contributed by atoms with van der Waals surface area (Å²) < 4.78 is 0. The molecule has 3 rings (SSSR count). The maximum Gasteiger partial charge on any atom is 0.0776 e. The van der Waals surface area contributed by atoms with Gasteiger partial charge in [0, 0.05) is 0 Å². The molecule has 0 atom stereocenters. The molecule has 0 amide bonds. The highest BCUT2D eigenvalue weighted by Gasteiger charge is 2.28.